The van der Waals surface area contributed by atoms with E-state index < -0.39 is 16.0 Å². The van der Waals surface area contributed by atoms with Gasteiger partial charge in [-0.25, -0.2) is 14.3 Å². The van der Waals surface area contributed by atoms with E-state index in [2.05, 4.69) is 4.83 Å². The van der Waals surface area contributed by atoms with Crippen molar-refractivity contribution in [2.75, 3.05) is 4.83 Å². The van der Waals surface area contributed by atoms with Crippen LogP contribution in [0.4, 0.5) is 0 Å². The molecule has 0 aliphatic rings. The third-order valence-corrected chi connectivity index (χ3v) is 5.60. The summed E-state index contributed by atoms with van der Waals surface area (Å²) < 4.78 is 25.7. The van der Waals surface area contributed by atoms with Crippen molar-refractivity contribution in [3.8, 4) is 0 Å². The molecule has 0 saturated heterocycles. The molecule has 0 aliphatic carbocycles. The molecule has 0 atom stereocenters. The summed E-state index contributed by atoms with van der Waals surface area (Å²) in [6, 6.07) is 11.3. The molecule has 1 aromatic carbocycles. The number of para-hydroxylation sites is 1. The highest BCUT2D eigenvalue weighted by atomic mass is 32.2. The molecule has 0 fully saturated rings. The van der Waals surface area contributed by atoms with Gasteiger partial charge >= 0.3 is 5.97 Å². The SMILES string of the molecule is O=C(O)c1cc2ccccc2n1NS(=O)(=O)c1cccs1. The Bertz CT molecular complexity index is 911. The summed E-state index contributed by atoms with van der Waals surface area (Å²) in [5.74, 6) is -1.21. The minimum atomic E-state index is -3.82. The van der Waals surface area contributed by atoms with Crippen molar-refractivity contribution in [3.05, 3.63) is 53.5 Å². The normalized spacial score (nSPS) is 11.6. The van der Waals surface area contributed by atoms with Crippen LogP contribution < -0.4 is 4.83 Å². The summed E-state index contributed by atoms with van der Waals surface area (Å²) in [7, 11) is -3.82. The van der Waals surface area contributed by atoms with Crippen LogP contribution in [0.5, 0.6) is 0 Å². The second kappa shape index (κ2) is 4.90. The van der Waals surface area contributed by atoms with Gasteiger partial charge in [0, 0.05) is 5.39 Å². The molecule has 0 aliphatic heterocycles. The number of fused-ring (bicyclic) bond motifs is 1. The molecule has 0 amide bonds. The molecule has 108 valence electrons. The van der Waals surface area contributed by atoms with Crippen LogP contribution in [-0.2, 0) is 10.0 Å². The average Bonchev–Trinajstić information content (AvgIpc) is 3.07. The fraction of sp³-hybridized carbons (Fsp3) is 0. The van der Waals surface area contributed by atoms with Gasteiger partial charge in [-0.2, -0.15) is 8.42 Å². The van der Waals surface area contributed by atoms with Crippen molar-refractivity contribution in [1.29, 1.82) is 0 Å². The molecule has 2 N–H and O–H groups in total. The lowest BCUT2D eigenvalue weighted by Gasteiger charge is -2.11. The van der Waals surface area contributed by atoms with Crippen LogP contribution in [0.3, 0.4) is 0 Å². The quantitative estimate of drug-likeness (QED) is 0.771. The summed E-state index contributed by atoms with van der Waals surface area (Å²) in [5.41, 5.74) is 0.339. The number of nitrogens with zero attached hydrogens (tertiary/aromatic N) is 1. The smallest absolute Gasteiger partial charge is 0.354 e. The van der Waals surface area contributed by atoms with Gasteiger partial charge in [0.05, 0.1) is 5.52 Å². The number of benzene rings is 1. The topological polar surface area (TPSA) is 88.4 Å². The molecule has 2 heterocycles. The zero-order chi connectivity index (χ0) is 15.0. The van der Waals surface area contributed by atoms with Crippen molar-refractivity contribution in [2.45, 2.75) is 4.21 Å². The van der Waals surface area contributed by atoms with E-state index in [1.165, 1.54) is 12.1 Å². The lowest BCUT2D eigenvalue weighted by molar-refractivity contribution is 0.0688. The van der Waals surface area contributed by atoms with Crippen LogP contribution in [0.2, 0.25) is 0 Å². The number of carboxylic acid groups (broad SMARTS) is 1. The average molecular weight is 322 g/mol. The first-order chi connectivity index (χ1) is 9.99. The molecule has 0 unspecified atom stereocenters. The third-order valence-electron chi connectivity index (χ3n) is 2.90. The van der Waals surface area contributed by atoms with E-state index in [9.17, 15) is 18.3 Å². The number of aromatic nitrogens is 1. The number of carboxylic acids is 1. The van der Waals surface area contributed by atoms with Crippen LogP contribution in [0.25, 0.3) is 10.9 Å². The predicted molar refractivity (Wildman–Crippen MR) is 79.8 cm³/mol. The monoisotopic (exact) mass is 322 g/mol. The number of aromatic carboxylic acids is 1. The van der Waals surface area contributed by atoms with Gasteiger partial charge in [0.1, 0.15) is 9.90 Å². The molecule has 0 radical (unpaired) electrons. The predicted octanol–water partition coefficient (Wildman–Crippen LogP) is 2.33. The maximum Gasteiger partial charge on any atom is 0.354 e. The van der Waals surface area contributed by atoms with E-state index in [4.69, 9.17) is 0 Å². The molecule has 6 nitrogen and oxygen atoms in total. The number of carbonyl (C=O) groups is 1. The van der Waals surface area contributed by atoms with Gasteiger partial charge in [0.25, 0.3) is 10.0 Å². The molecule has 21 heavy (non-hydrogen) atoms. The Labute approximate surface area is 124 Å². The largest absolute Gasteiger partial charge is 0.477 e. The number of hydrogen-bond donors (Lipinski definition) is 2. The Balaban J connectivity index is 2.16. The van der Waals surface area contributed by atoms with Gasteiger partial charge in [-0.3, -0.25) is 0 Å². The maximum atomic E-state index is 12.3. The van der Waals surface area contributed by atoms with Crippen molar-refractivity contribution in [3.63, 3.8) is 0 Å². The van der Waals surface area contributed by atoms with Crippen LogP contribution in [0.1, 0.15) is 10.5 Å². The standard InChI is InChI=1S/C13H10N2O4S2/c16-13(17)11-8-9-4-1-2-5-10(9)15(11)14-21(18,19)12-6-3-7-20-12/h1-8,14H,(H,16,17). The zero-order valence-electron chi connectivity index (χ0n) is 10.6. The first-order valence-corrected chi connectivity index (χ1v) is 8.25. The summed E-state index contributed by atoms with van der Waals surface area (Å²) in [6.07, 6.45) is 0. The van der Waals surface area contributed by atoms with E-state index in [0.29, 0.717) is 10.9 Å². The van der Waals surface area contributed by atoms with Crippen molar-refractivity contribution >= 4 is 38.2 Å². The van der Waals surface area contributed by atoms with Crippen molar-refractivity contribution < 1.29 is 18.3 Å². The number of hydrogen-bond acceptors (Lipinski definition) is 4. The number of sulfonamides is 1. The first kappa shape index (κ1) is 13.7. The maximum absolute atomic E-state index is 12.3. The number of thiophene rings is 1. The highest BCUT2D eigenvalue weighted by molar-refractivity contribution is 7.94. The zero-order valence-corrected chi connectivity index (χ0v) is 12.2. The summed E-state index contributed by atoms with van der Waals surface area (Å²) in [6.45, 7) is 0. The number of nitrogens with one attached hydrogen (secondary N) is 1. The molecular weight excluding hydrogens is 312 g/mol. The van der Waals surface area contributed by atoms with Gasteiger partial charge < -0.3 is 5.11 Å². The van der Waals surface area contributed by atoms with Crippen molar-refractivity contribution in [2.24, 2.45) is 0 Å². The Morgan fingerprint density at radius 1 is 1.19 bits per heavy atom. The van der Waals surface area contributed by atoms with Gasteiger partial charge in [-0.15, -0.1) is 11.3 Å². The lowest BCUT2D eigenvalue weighted by Crippen LogP contribution is -2.25. The molecule has 0 saturated carbocycles. The van der Waals surface area contributed by atoms with E-state index in [1.807, 2.05) is 0 Å². The second-order valence-electron chi connectivity index (χ2n) is 4.26. The molecule has 2 aromatic heterocycles. The summed E-state index contributed by atoms with van der Waals surface area (Å²) in [4.78, 5) is 13.6. The minimum absolute atomic E-state index is 0.122. The van der Waals surface area contributed by atoms with Crippen molar-refractivity contribution in [1.82, 2.24) is 4.68 Å². The van der Waals surface area contributed by atoms with Crippen LogP contribution >= 0.6 is 11.3 Å². The molecule has 8 heteroatoms. The van der Waals surface area contributed by atoms with E-state index in [-0.39, 0.29) is 9.90 Å². The molecule has 3 rings (SSSR count). The fourth-order valence-corrected chi connectivity index (χ4v) is 4.01. The van der Waals surface area contributed by atoms with E-state index in [0.717, 1.165) is 16.0 Å². The van der Waals surface area contributed by atoms with Gasteiger partial charge in [-0.1, -0.05) is 24.3 Å². The van der Waals surface area contributed by atoms with E-state index >= 15 is 0 Å². The van der Waals surface area contributed by atoms with E-state index in [1.54, 1.807) is 35.7 Å². The van der Waals surface area contributed by atoms with Gasteiger partial charge in [0.15, 0.2) is 0 Å². The third kappa shape index (κ3) is 2.39. The lowest BCUT2D eigenvalue weighted by atomic mass is 10.2. The Hall–Kier alpha value is -2.32. The first-order valence-electron chi connectivity index (χ1n) is 5.89. The molecule has 0 bridgehead atoms. The molecular formula is C13H10N2O4S2. The Morgan fingerprint density at radius 2 is 1.95 bits per heavy atom. The van der Waals surface area contributed by atoms with Crippen LogP contribution in [0, 0.1) is 0 Å². The van der Waals surface area contributed by atoms with Gasteiger partial charge in [0.2, 0.25) is 0 Å². The summed E-state index contributed by atoms with van der Waals surface area (Å²) in [5, 5.41) is 11.5. The highest BCUT2D eigenvalue weighted by Gasteiger charge is 2.21. The highest BCUT2D eigenvalue weighted by Crippen LogP contribution is 2.22. The van der Waals surface area contributed by atoms with Gasteiger partial charge in [-0.05, 0) is 23.6 Å². The Kier molecular flexibility index (Phi) is 3.19. The minimum Gasteiger partial charge on any atom is -0.477 e. The fourth-order valence-electron chi connectivity index (χ4n) is 1.99. The second-order valence-corrected chi connectivity index (χ2v) is 7.09. The molecule has 3 aromatic rings. The molecule has 0 spiro atoms. The summed E-state index contributed by atoms with van der Waals surface area (Å²) >= 11 is 1.06. The van der Waals surface area contributed by atoms with Crippen LogP contribution in [-0.4, -0.2) is 24.2 Å². The van der Waals surface area contributed by atoms with Crippen LogP contribution in [0.15, 0.2) is 52.1 Å². The number of rotatable bonds is 4. The Morgan fingerprint density at radius 3 is 2.62 bits per heavy atom.